The van der Waals surface area contributed by atoms with Crippen molar-refractivity contribution >= 4 is 33.5 Å². The number of nitrogens with zero attached hydrogens (tertiary/aromatic N) is 2. The average molecular weight is 298 g/mol. The molecule has 1 heterocycles. The lowest BCUT2D eigenvalue weighted by molar-refractivity contribution is 0.673. The van der Waals surface area contributed by atoms with Gasteiger partial charge in [0.15, 0.2) is 0 Å². The molecule has 84 valence electrons. The van der Waals surface area contributed by atoms with Crippen molar-refractivity contribution in [3.63, 3.8) is 0 Å². The first-order valence-electron chi connectivity index (χ1n) is 4.81. The molecule has 0 atom stereocenters. The lowest BCUT2D eigenvalue weighted by Gasteiger charge is -2.05. The molecule has 0 radical (unpaired) electrons. The van der Waals surface area contributed by atoms with Crippen LogP contribution in [0.15, 0.2) is 39.8 Å². The highest BCUT2D eigenvalue weighted by Crippen LogP contribution is 2.20. The molecular weight excluding hydrogens is 286 g/mol. The van der Waals surface area contributed by atoms with Crippen LogP contribution in [0.25, 0.3) is 0 Å². The molecule has 1 aromatic carbocycles. The Kier molecular flexibility index (Phi) is 3.56. The molecule has 0 saturated heterocycles. The highest BCUT2D eigenvalue weighted by molar-refractivity contribution is 9.10. The Balaban J connectivity index is 2.27. The normalized spacial score (nSPS) is 10.6. The van der Waals surface area contributed by atoms with E-state index in [9.17, 15) is 0 Å². The van der Waals surface area contributed by atoms with E-state index in [2.05, 4.69) is 27.1 Å². The fourth-order valence-corrected chi connectivity index (χ4v) is 2.25. The van der Waals surface area contributed by atoms with Crippen LogP contribution in [0.2, 0.25) is 0 Å². The maximum atomic E-state index is 5.89. The molecular formula is C11H12BrN3S. The van der Waals surface area contributed by atoms with Crippen molar-refractivity contribution < 1.29 is 0 Å². The van der Waals surface area contributed by atoms with Gasteiger partial charge in [0.05, 0.1) is 6.54 Å². The van der Waals surface area contributed by atoms with Crippen LogP contribution in [0.5, 0.6) is 0 Å². The Bertz CT molecular complexity index is 496. The van der Waals surface area contributed by atoms with E-state index in [1.807, 2.05) is 35.2 Å². The summed E-state index contributed by atoms with van der Waals surface area (Å²) >= 11 is 5.11. The number of nitrogen functional groups attached to an aromatic ring is 1. The number of rotatable bonds is 3. The third-order valence-electron chi connectivity index (χ3n) is 2.28. The van der Waals surface area contributed by atoms with E-state index in [0.29, 0.717) is 12.4 Å². The number of hydrogen-bond donors (Lipinski definition) is 1. The molecule has 2 aromatic rings. The number of benzene rings is 1. The smallest absolute Gasteiger partial charge is 0.123 e. The fraction of sp³-hybridized carbons (Fsp3) is 0.182. The van der Waals surface area contributed by atoms with E-state index in [1.54, 1.807) is 11.8 Å². The SMILES string of the molecule is CSc1cc(N)n(Cc2ccccc2Br)n1. The van der Waals surface area contributed by atoms with Gasteiger partial charge in [-0.1, -0.05) is 34.1 Å². The number of aromatic nitrogens is 2. The molecule has 0 aliphatic carbocycles. The summed E-state index contributed by atoms with van der Waals surface area (Å²) in [5.74, 6) is 0.695. The molecule has 3 nitrogen and oxygen atoms in total. The monoisotopic (exact) mass is 297 g/mol. The summed E-state index contributed by atoms with van der Waals surface area (Å²) < 4.78 is 2.89. The lowest BCUT2D eigenvalue weighted by atomic mass is 10.2. The number of thioether (sulfide) groups is 1. The summed E-state index contributed by atoms with van der Waals surface area (Å²) in [6.45, 7) is 0.688. The molecule has 16 heavy (non-hydrogen) atoms. The van der Waals surface area contributed by atoms with Crippen molar-refractivity contribution in [3.8, 4) is 0 Å². The Hall–Kier alpha value is -0.940. The second-order valence-corrected chi connectivity index (χ2v) is 5.04. The minimum Gasteiger partial charge on any atom is -0.384 e. The molecule has 0 fully saturated rings. The van der Waals surface area contributed by atoms with Crippen molar-refractivity contribution in [3.05, 3.63) is 40.4 Å². The summed E-state index contributed by atoms with van der Waals surface area (Å²) in [4.78, 5) is 0. The van der Waals surface area contributed by atoms with Crippen molar-refractivity contribution in [2.75, 3.05) is 12.0 Å². The van der Waals surface area contributed by atoms with E-state index in [4.69, 9.17) is 5.73 Å². The lowest BCUT2D eigenvalue weighted by Crippen LogP contribution is -2.06. The standard InChI is InChI=1S/C11H12BrN3S/c1-16-11-6-10(13)15(14-11)7-8-4-2-3-5-9(8)12/h2-6H,7,13H2,1H3. The number of hydrogen-bond acceptors (Lipinski definition) is 3. The molecule has 0 spiro atoms. The zero-order valence-corrected chi connectivity index (χ0v) is 11.3. The van der Waals surface area contributed by atoms with Gasteiger partial charge < -0.3 is 5.73 Å². The summed E-state index contributed by atoms with van der Waals surface area (Å²) in [7, 11) is 0. The molecule has 2 rings (SSSR count). The summed E-state index contributed by atoms with van der Waals surface area (Å²) in [5, 5.41) is 5.35. The van der Waals surface area contributed by atoms with Crippen molar-refractivity contribution in [2.45, 2.75) is 11.6 Å². The van der Waals surface area contributed by atoms with Gasteiger partial charge in [0.1, 0.15) is 10.8 Å². The van der Waals surface area contributed by atoms with E-state index in [-0.39, 0.29) is 0 Å². The number of anilines is 1. The van der Waals surface area contributed by atoms with Crippen LogP contribution >= 0.6 is 27.7 Å². The Morgan fingerprint density at radius 1 is 1.44 bits per heavy atom. The molecule has 5 heteroatoms. The van der Waals surface area contributed by atoms with E-state index in [1.165, 1.54) is 5.56 Å². The summed E-state index contributed by atoms with van der Waals surface area (Å²) in [6.07, 6.45) is 1.99. The van der Waals surface area contributed by atoms with Gasteiger partial charge >= 0.3 is 0 Å². The molecule has 0 saturated carbocycles. The molecule has 2 N–H and O–H groups in total. The van der Waals surface area contributed by atoms with Crippen LogP contribution in [-0.2, 0) is 6.54 Å². The van der Waals surface area contributed by atoms with Crippen molar-refractivity contribution in [1.82, 2.24) is 9.78 Å². The van der Waals surface area contributed by atoms with Gasteiger partial charge in [-0.15, -0.1) is 11.8 Å². The molecule has 0 aliphatic rings. The van der Waals surface area contributed by atoms with Gasteiger partial charge in [-0.25, -0.2) is 4.68 Å². The second kappa shape index (κ2) is 4.93. The van der Waals surface area contributed by atoms with Gasteiger partial charge in [0.2, 0.25) is 0 Å². The predicted molar refractivity (Wildman–Crippen MR) is 71.7 cm³/mol. The Morgan fingerprint density at radius 2 is 2.19 bits per heavy atom. The fourth-order valence-electron chi connectivity index (χ4n) is 1.42. The largest absolute Gasteiger partial charge is 0.384 e. The van der Waals surface area contributed by atoms with Gasteiger partial charge in [-0.05, 0) is 17.9 Å². The zero-order valence-electron chi connectivity index (χ0n) is 8.85. The average Bonchev–Trinajstić information content (AvgIpc) is 2.63. The van der Waals surface area contributed by atoms with Crippen LogP contribution in [0.4, 0.5) is 5.82 Å². The van der Waals surface area contributed by atoms with Gasteiger partial charge in [-0.3, -0.25) is 0 Å². The van der Waals surface area contributed by atoms with Crippen LogP contribution in [0, 0.1) is 0 Å². The summed E-state index contributed by atoms with van der Waals surface area (Å²) in [5.41, 5.74) is 7.06. The maximum Gasteiger partial charge on any atom is 0.123 e. The molecule has 0 aliphatic heterocycles. The maximum absolute atomic E-state index is 5.89. The van der Waals surface area contributed by atoms with Crippen LogP contribution < -0.4 is 5.73 Å². The van der Waals surface area contributed by atoms with Gasteiger partial charge in [0.25, 0.3) is 0 Å². The minimum absolute atomic E-state index is 0.688. The quantitative estimate of drug-likeness (QED) is 0.886. The molecule has 1 aromatic heterocycles. The first-order chi connectivity index (χ1) is 7.70. The highest BCUT2D eigenvalue weighted by Gasteiger charge is 2.06. The number of nitrogens with two attached hydrogens (primary N) is 1. The van der Waals surface area contributed by atoms with Gasteiger partial charge in [0, 0.05) is 10.5 Å². The third kappa shape index (κ3) is 2.41. The molecule has 0 amide bonds. The Morgan fingerprint density at radius 3 is 2.81 bits per heavy atom. The predicted octanol–water partition coefficient (Wildman–Crippen LogP) is 3.00. The van der Waals surface area contributed by atoms with E-state index < -0.39 is 0 Å². The first-order valence-corrected chi connectivity index (χ1v) is 6.83. The van der Waals surface area contributed by atoms with Crippen LogP contribution in [-0.4, -0.2) is 16.0 Å². The highest BCUT2D eigenvalue weighted by atomic mass is 79.9. The van der Waals surface area contributed by atoms with Crippen LogP contribution in [0.1, 0.15) is 5.56 Å². The second-order valence-electron chi connectivity index (χ2n) is 3.36. The Labute approximate surface area is 107 Å². The van der Waals surface area contributed by atoms with Crippen LogP contribution in [0.3, 0.4) is 0 Å². The first kappa shape index (κ1) is 11.5. The summed E-state index contributed by atoms with van der Waals surface area (Å²) in [6, 6.07) is 9.97. The molecule has 0 bridgehead atoms. The topological polar surface area (TPSA) is 43.8 Å². The number of halogens is 1. The van der Waals surface area contributed by atoms with Crippen molar-refractivity contribution in [2.24, 2.45) is 0 Å². The van der Waals surface area contributed by atoms with Crippen molar-refractivity contribution in [1.29, 1.82) is 0 Å². The van der Waals surface area contributed by atoms with E-state index in [0.717, 1.165) is 9.50 Å². The van der Waals surface area contributed by atoms with Gasteiger partial charge in [-0.2, -0.15) is 5.10 Å². The third-order valence-corrected chi connectivity index (χ3v) is 3.67. The zero-order chi connectivity index (χ0) is 11.5. The van der Waals surface area contributed by atoms with E-state index >= 15 is 0 Å². The molecule has 0 unspecified atom stereocenters. The minimum atomic E-state index is 0.688.